The van der Waals surface area contributed by atoms with Crippen LogP contribution < -0.4 is 4.90 Å². The van der Waals surface area contributed by atoms with Gasteiger partial charge in [0.1, 0.15) is 5.60 Å². The normalized spacial score (nSPS) is 18.8. The Morgan fingerprint density at radius 1 is 0.839 bits per heavy atom. The van der Waals surface area contributed by atoms with Crippen molar-refractivity contribution in [3.63, 3.8) is 0 Å². The zero-order valence-electron chi connectivity index (χ0n) is 20.1. The Labute approximate surface area is 187 Å². The van der Waals surface area contributed by atoms with Crippen molar-refractivity contribution < 1.29 is 14.3 Å². The largest absolute Gasteiger partial charge is 0.444 e. The molecule has 2 heterocycles. The lowest BCUT2D eigenvalue weighted by Gasteiger charge is -2.40. The van der Waals surface area contributed by atoms with Crippen LogP contribution in [-0.4, -0.2) is 66.7 Å². The first kappa shape index (κ1) is 23.4. The smallest absolute Gasteiger partial charge is 0.410 e. The molecule has 172 valence electrons. The van der Waals surface area contributed by atoms with Crippen molar-refractivity contribution >= 4 is 17.7 Å². The number of hydrogen-bond donors (Lipinski definition) is 0. The molecule has 0 aliphatic carbocycles. The van der Waals surface area contributed by atoms with Gasteiger partial charge in [-0.1, -0.05) is 39.0 Å². The van der Waals surface area contributed by atoms with E-state index < -0.39 is 5.60 Å². The maximum absolute atomic E-state index is 13.1. The molecule has 0 spiro atoms. The molecule has 6 nitrogen and oxygen atoms in total. The number of ether oxygens (including phenoxy) is 1. The minimum Gasteiger partial charge on any atom is -0.444 e. The lowest BCUT2D eigenvalue weighted by molar-refractivity contribution is -0.137. The van der Waals surface area contributed by atoms with E-state index in [2.05, 4.69) is 49.9 Å². The summed E-state index contributed by atoms with van der Waals surface area (Å²) in [7, 11) is 0. The van der Waals surface area contributed by atoms with Crippen molar-refractivity contribution in [3.05, 3.63) is 29.8 Å². The van der Waals surface area contributed by atoms with E-state index in [1.807, 2.05) is 25.7 Å². The van der Waals surface area contributed by atoms with Gasteiger partial charge in [0, 0.05) is 50.9 Å². The molecule has 0 aromatic heterocycles. The summed E-state index contributed by atoms with van der Waals surface area (Å²) in [5, 5.41) is 0. The zero-order chi connectivity index (χ0) is 22.8. The van der Waals surface area contributed by atoms with Crippen LogP contribution in [0.2, 0.25) is 0 Å². The van der Waals surface area contributed by atoms with Crippen molar-refractivity contribution in [1.82, 2.24) is 9.80 Å². The van der Waals surface area contributed by atoms with Crippen LogP contribution in [0.25, 0.3) is 0 Å². The number of piperidine rings is 1. The van der Waals surface area contributed by atoms with Crippen LogP contribution in [0.15, 0.2) is 24.3 Å². The summed E-state index contributed by atoms with van der Waals surface area (Å²) in [6.07, 6.45) is 1.15. The molecule has 2 fully saturated rings. The van der Waals surface area contributed by atoms with Crippen LogP contribution in [0.3, 0.4) is 0 Å². The summed E-state index contributed by atoms with van der Waals surface area (Å²) in [5.74, 6) is 0.250. The van der Waals surface area contributed by atoms with Crippen LogP contribution in [0, 0.1) is 5.92 Å². The van der Waals surface area contributed by atoms with Crippen molar-refractivity contribution in [2.45, 2.75) is 65.4 Å². The third kappa shape index (κ3) is 5.92. The number of piperazine rings is 1. The fourth-order valence-electron chi connectivity index (χ4n) is 4.45. The van der Waals surface area contributed by atoms with Crippen LogP contribution in [0.4, 0.5) is 10.5 Å². The van der Waals surface area contributed by atoms with Gasteiger partial charge in [-0.15, -0.1) is 0 Å². The van der Waals surface area contributed by atoms with Gasteiger partial charge >= 0.3 is 6.09 Å². The first-order valence-electron chi connectivity index (χ1n) is 11.6. The summed E-state index contributed by atoms with van der Waals surface area (Å²) < 4.78 is 5.46. The molecular formula is C25H39N3O3. The van der Waals surface area contributed by atoms with Gasteiger partial charge in [-0.3, -0.25) is 4.79 Å². The molecule has 2 saturated heterocycles. The number of amides is 2. The number of benzene rings is 1. The number of hydrogen-bond acceptors (Lipinski definition) is 4. The number of likely N-dealkylation sites (tertiary alicyclic amines) is 1. The molecule has 0 radical (unpaired) electrons. The highest BCUT2D eigenvalue weighted by atomic mass is 16.6. The summed E-state index contributed by atoms with van der Waals surface area (Å²) in [6.45, 7) is 16.8. The summed E-state index contributed by atoms with van der Waals surface area (Å²) in [4.78, 5) is 31.5. The average molecular weight is 430 g/mol. The molecule has 0 unspecified atom stereocenters. The van der Waals surface area contributed by atoms with Gasteiger partial charge in [-0.2, -0.15) is 0 Å². The standard InChI is InChI=1S/C25H39N3O3/c1-24(2,3)20-9-7-8-10-21(20)26-15-17-27(18-16-26)22(29)19-11-13-28(14-12-19)23(30)31-25(4,5)6/h7-10,19H,11-18H2,1-6H3. The van der Waals surface area contributed by atoms with Gasteiger partial charge in [0.25, 0.3) is 0 Å². The minimum absolute atomic E-state index is 0.00657. The molecule has 0 N–H and O–H groups in total. The first-order chi connectivity index (χ1) is 14.5. The molecule has 0 atom stereocenters. The fraction of sp³-hybridized carbons (Fsp3) is 0.680. The second kappa shape index (κ2) is 9.09. The number of rotatable bonds is 2. The maximum Gasteiger partial charge on any atom is 0.410 e. The molecule has 0 bridgehead atoms. The van der Waals surface area contributed by atoms with Crippen LogP contribution in [-0.2, 0) is 14.9 Å². The van der Waals surface area contributed by atoms with E-state index in [-0.39, 0.29) is 23.3 Å². The predicted molar refractivity (Wildman–Crippen MR) is 124 cm³/mol. The number of carbonyl (C=O) groups is 2. The molecule has 2 aliphatic heterocycles. The van der Waals surface area contributed by atoms with E-state index in [1.165, 1.54) is 11.3 Å². The van der Waals surface area contributed by atoms with Gasteiger partial charge in [0.2, 0.25) is 5.91 Å². The molecule has 6 heteroatoms. The van der Waals surface area contributed by atoms with Gasteiger partial charge in [-0.05, 0) is 50.7 Å². The molecule has 2 amide bonds. The highest BCUT2D eigenvalue weighted by Gasteiger charge is 2.33. The molecule has 3 rings (SSSR count). The third-order valence-corrected chi connectivity index (χ3v) is 6.14. The van der Waals surface area contributed by atoms with Gasteiger partial charge in [-0.25, -0.2) is 4.79 Å². The highest BCUT2D eigenvalue weighted by molar-refractivity contribution is 5.80. The minimum atomic E-state index is -0.491. The lowest BCUT2D eigenvalue weighted by atomic mass is 9.85. The summed E-state index contributed by atoms with van der Waals surface area (Å²) in [5.41, 5.74) is 2.23. The van der Waals surface area contributed by atoms with Crippen LogP contribution in [0.5, 0.6) is 0 Å². The van der Waals surface area contributed by atoms with Crippen molar-refractivity contribution in [1.29, 1.82) is 0 Å². The van der Waals surface area contributed by atoms with Crippen molar-refractivity contribution in [2.24, 2.45) is 5.92 Å². The quantitative estimate of drug-likeness (QED) is 0.704. The molecule has 0 saturated carbocycles. The van der Waals surface area contributed by atoms with Crippen molar-refractivity contribution in [3.8, 4) is 0 Å². The number of para-hydroxylation sites is 1. The average Bonchev–Trinajstić information content (AvgIpc) is 2.71. The van der Waals surface area contributed by atoms with E-state index in [1.54, 1.807) is 4.90 Å². The summed E-state index contributed by atoms with van der Waals surface area (Å²) in [6, 6.07) is 8.61. The van der Waals surface area contributed by atoms with Gasteiger partial charge in [0.05, 0.1) is 0 Å². The Morgan fingerprint density at radius 3 is 1.97 bits per heavy atom. The Kier molecular flexibility index (Phi) is 6.87. The lowest BCUT2D eigenvalue weighted by Crippen LogP contribution is -2.52. The Bertz CT molecular complexity index is 778. The number of carbonyl (C=O) groups excluding carboxylic acids is 2. The molecule has 1 aromatic carbocycles. The van der Waals surface area contributed by atoms with E-state index in [4.69, 9.17) is 4.74 Å². The SMILES string of the molecule is CC(C)(C)OC(=O)N1CCC(C(=O)N2CCN(c3ccccc3C(C)(C)C)CC2)CC1. The fourth-order valence-corrected chi connectivity index (χ4v) is 4.45. The van der Waals surface area contributed by atoms with E-state index in [0.29, 0.717) is 25.9 Å². The first-order valence-corrected chi connectivity index (χ1v) is 11.6. The predicted octanol–water partition coefficient (Wildman–Crippen LogP) is 4.28. The molecule has 1 aromatic rings. The zero-order valence-corrected chi connectivity index (χ0v) is 20.1. The Balaban J connectivity index is 1.52. The summed E-state index contributed by atoms with van der Waals surface area (Å²) >= 11 is 0. The Hall–Kier alpha value is -2.24. The molecule has 31 heavy (non-hydrogen) atoms. The van der Waals surface area contributed by atoms with Crippen LogP contribution in [0.1, 0.15) is 59.9 Å². The molecular weight excluding hydrogens is 390 g/mol. The van der Waals surface area contributed by atoms with E-state index in [0.717, 1.165) is 26.2 Å². The molecule has 2 aliphatic rings. The number of anilines is 1. The highest BCUT2D eigenvalue weighted by Crippen LogP contribution is 2.32. The topological polar surface area (TPSA) is 53.1 Å². The van der Waals surface area contributed by atoms with Gasteiger partial charge < -0.3 is 19.4 Å². The second-order valence-electron chi connectivity index (χ2n) is 10.8. The Morgan fingerprint density at radius 2 is 1.42 bits per heavy atom. The third-order valence-electron chi connectivity index (χ3n) is 6.14. The number of nitrogens with zero attached hydrogens (tertiary/aromatic N) is 3. The monoisotopic (exact) mass is 429 g/mol. The van der Waals surface area contributed by atoms with Crippen molar-refractivity contribution in [2.75, 3.05) is 44.2 Å². The van der Waals surface area contributed by atoms with Crippen LogP contribution >= 0.6 is 0 Å². The van der Waals surface area contributed by atoms with E-state index >= 15 is 0 Å². The van der Waals surface area contributed by atoms with Gasteiger partial charge in [0.15, 0.2) is 0 Å². The maximum atomic E-state index is 13.1. The second-order valence-corrected chi connectivity index (χ2v) is 10.8. The van der Waals surface area contributed by atoms with E-state index in [9.17, 15) is 9.59 Å².